The van der Waals surface area contributed by atoms with Gasteiger partial charge in [-0.1, -0.05) is 0 Å². The number of Topliss-reactive ketones (excluding diaryl/α,β-unsaturated/α-hetero) is 2. The SMILES string of the molecule is CC(O)C(=O)C(NO)C(OC1OC(CO)C(O)C(O)C1O)C(=O)CO. The van der Waals surface area contributed by atoms with Gasteiger partial charge in [-0.05, 0) is 6.92 Å². The topological polar surface area (TPSA) is 206 Å². The summed E-state index contributed by atoms with van der Waals surface area (Å²) in [5.74, 6) is -2.16. The molecule has 1 saturated heterocycles. The van der Waals surface area contributed by atoms with Crippen molar-refractivity contribution in [2.45, 2.75) is 55.9 Å². The van der Waals surface area contributed by atoms with Gasteiger partial charge in [0.25, 0.3) is 0 Å². The lowest BCUT2D eigenvalue weighted by atomic mass is 9.97. The number of nitrogens with one attached hydrogen (secondary N) is 1. The lowest BCUT2D eigenvalue weighted by molar-refractivity contribution is -0.310. The van der Waals surface area contributed by atoms with Gasteiger partial charge < -0.3 is 45.3 Å². The average Bonchev–Trinajstić information content (AvgIpc) is 2.60. The molecule has 0 aromatic rings. The van der Waals surface area contributed by atoms with E-state index in [-0.39, 0.29) is 0 Å². The smallest absolute Gasteiger partial charge is 0.189 e. The average molecular weight is 369 g/mol. The maximum absolute atomic E-state index is 11.9. The summed E-state index contributed by atoms with van der Waals surface area (Å²) in [6.07, 6.45) is -12.0. The zero-order valence-corrected chi connectivity index (χ0v) is 13.3. The Labute approximate surface area is 142 Å². The number of ketones is 2. The van der Waals surface area contributed by atoms with E-state index in [1.807, 2.05) is 0 Å². The molecule has 0 bridgehead atoms. The molecule has 8 atom stereocenters. The third kappa shape index (κ3) is 4.98. The van der Waals surface area contributed by atoms with Crippen LogP contribution in [0.4, 0.5) is 0 Å². The van der Waals surface area contributed by atoms with Crippen LogP contribution < -0.4 is 5.48 Å². The van der Waals surface area contributed by atoms with Crippen molar-refractivity contribution in [3.8, 4) is 0 Å². The largest absolute Gasteiger partial charge is 0.394 e. The van der Waals surface area contributed by atoms with Crippen LogP contribution in [0.15, 0.2) is 0 Å². The van der Waals surface area contributed by atoms with E-state index in [2.05, 4.69) is 0 Å². The molecule has 25 heavy (non-hydrogen) atoms. The second-order valence-electron chi connectivity index (χ2n) is 5.56. The zero-order valence-electron chi connectivity index (χ0n) is 13.3. The lowest BCUT2D eigenvalue weighted by Crippen LogP contribution is -2.62. The molecule has 0 aliphatic carbocycles. The number of hydrogen-bond acceptors (Lipinski definition) is 12. The lowest BCUT2D eigenvalue weighted by Gasteiger charge is -2.41. The van der Waals surface area contributed by atoms with Gasteiger partial charge in [0.15, 0.2) is 17.9 Å². The van der Waals surface area contributed by atoms with Crippen molar-refractivity contribution in [2.24, 2.45) is 0 Å². The fourth-order valence-corrected chi connectivity index (χ4v) is 2.30. The molecule has 12 heteroatoms. The normalized spacial score (nSPS) is 33.5. The second-order valence-corrected chi connectivity index (χ2v) is 5.56. The van der Waals surface area contributed by atoms with Crippen LogP contribution in [0.1, 0.15) is 6.92 Å². The molecule has 8 N–H and O–H groups in total. The molecule has 1 rings (SSSR count). The van der Waals surface area contributed by atoms with E-state index in [1.165, 1.54) is 5.48 Å². The van der Waals surface area contributed by atoms with Gasteiger partial charge in [0.2, 0.25) is 0 Å². The monoisotopic (exact) mass is 369 g/mol. The van der Waals surface area contributed by atoms with Gasteiger partial charge in [0.1, 0.15) is 49.3 Å². The quantitative estimate of drug-likeness (QED) is 0.180. The van der Waals surface area contributed by atoms with E-state index in [1.54, 1.807) is 0 Å². The molecule has 12 nitrogen and oxygen atoms in total. The molecule has 1 fully saturated rings. The van der Waals surface area contributed by atoms with E-state index in [0.717, 1.165) is 6.92 Å². The summed E-state index contributed by atoms with van der Waals surface area (Å²) < 4.78 is 10.2. The Hall–Kier alpha value is -1.06. The maximum Gasteiger partial charge on any atom is 0.189 e. The molecule has 1 heterocycles. The Morgan fingerprint density at radius 3 is 2.20 bits per heavy atom. The van der Waals surface area contributed by atoms with Crippen LogP contribution in [0.2, 0.25) is 0 Å². The first kappa shape index (κ1) is 22.0. The van der Waals surface area contributed by atoms with Crippen LogP contribution in [0.25, 0.3) is 0 Å². The number of hydroxylamine groups is 1. The van der Waals surface area contributed by atoms with Gasteiger partial charge in [-0.2, -0.15) is 5.48 Å². The second kappa shape index (κ2) is 9.59. The van der Waals surface area contributed by atoms with E-state index in [0.29, 0.717) is 0 Å². The fraction of sp³-hybridized carbons (Fsp3) is 0.846. The number of carbonyl (C=O) groups excluding carboxylic acids is 2. The summed E-state index contributed by atoms with van der Waals surface area (Å²) in [5, 5.41) is 65.8. The van der Waals surface area contributed by atoms with Crippen molar-refractivity contribution in [3.63, 3.8) is 0 Å². The molecule has 0 radical (unpaired) electrons. The number of aliphatic hydroxyl groups is 6. The van der Waals surface area contributed by atoms with Gasteiger partial charge in [-0.15, -0.1) is 0 Å². The van der Waals surface area contributed by atoms with Crippen molar-refractivity contribution in [3.05, 3.63) is 0 Å². The molecule has 1 aliphatic rings. The number of ether oxygens (including phenoxy) is 2. The third-order valence-electron chi connectivity index (χ3n) is 3.76. The van der Waals surface area contributed by atoms with Crippen molar-refractivity contribution < 1.29 is 54.9 Å². The van der Waals surface area contributed by atoms with Crippen LogP contribution in [0, 0.1) is 0 Å². The van der Waals surface area contributed by atoms with Crippen molar-refractivity contribution in [2.75, 3.05) is 13.2 Å². The van der Waals surface area contributed by atoms with Gasteiger partial charge in [0, 0.05) is 0 Å². The molecular formula is C13H23NO11. The highest BCUT2D eigenvalue weighted by Crippen LogP contribution is 2.24. The fourth-order valence-electron chi connectivity index (χ4n) is 2.30. The summed E-state index contributed by atoms with van der Waals surface area (Å²) in [6.45, 7) is -0.786. The van der Waals surface area contributed by atoms with E-state index < -0.39 is 73.7 Å². The summed E-state index contributed by atoms with van der Waals surface area (Å²) in [7, 11) is 0. The van der Waals surface area contributed by atoms with Crippen molar-refractivity contribution in [1.29, 1.82) is 0 Å². The molecule has 0 aromatic heterocycles. The first-order chi connectivity index (χ1) is 11.7. The third-order valence-corrected chi connectivity index (χ3v) is 3.76. The molecule has 0 spiro atoms. The minimum Gasteiger partial charge on any atom is -0.394 e. The number of hydrogen-bond donors (Lipinski definition) is 8. The predicted molar refractivity (Wildman–Crippen MR) is 76.1 cm³/mol. The number of aliphatic hydroxyl groups excluding tert-OH is 6. The molecule has 146 valence electrons. The first-order valence-electron chi connectivity index (χ1n) is 7.40. The van der Waals surface area contributed by atoms with Gasteiger partial charge >= 0.3 is 0 Å². The maximum atomic E-state index is 11.9. The standard InChI is InChI=1S/C13H23NO11/c1-4(17)8(19)7(14-23)12(5(18)2-15)25-13-11(22)10(21)9(20)6(3-16)24-13/h4,6-7,9-17,20-23H,2-3H2,1H3. The highest BCUT2D eigenvalue weighted by atomic mass is 16.7. The Morgan fingerprint density at radius 2 is 1.76 bits per heavy atom. The van der Waals surface area contributed by atoms with Crippen LogP contribution in [-0.2, 0) is 19.1 Å². The molecule has 8 unspecified atom stereocenters. The van der Waals surface area contributed by atoms with E-state index in [4.69, 9.17) is 24.9 Å². The summed E-state index contributed by atoms with van der Waals surface area (Å²) in [5.41, 5.74) is 1.48. The zero-order chi connectivity index (χ0) is 19.3. The molecule has 0 aromatic carbocycles. The Morgan fingerprint density at radius 1 is 1.16 bits per heavy atom. The molecule has 0 saturated carbocycles. The molecular weight excluding hydrogens is 346 g/mol. The van der Waals surface area contributed by atoms with Crippen molar-refractivity contribution >= 4 is 11.6 Å². The Kier molecular flexibility index (Phi) is 8.43. The number of rotatable bonds is 9. The summed E-state index contributed by atoms with van der Waals surface area (Å²) in [6, 6.07) is -1.81. The van der Waals surface area contributed by atoms with Gasteiger partial charge in [-0.25, -0.2) is 0 Å². The minimum atomic E-state index is -1.90. The van der Waals surface area contributed by atoms with E-state index >= 15 is 0 Å². The summed E-state index contributed by atoms with van der Waals surface area (Å²) in [4.78, 5) is 23.7. The number of carbonyl (C=O) groups is 2. The molecule has 1 aliphatic heterocycles. The highest BCUT2D eigenvalue weighted by Gasteiger charge is 2.47. The van der Waals surface area contributed by atoms with Crippen LogP contribution in [0.5, 0.6) is 0 Å². The van der Waals surface area contributed by atoms with Crippen LogP contribution in [0.3, 0.4) is 0 Å². The first-order valence-corrected chi connectivity index (χ1v) is 7.40. The van der Waals surface area contributed by atoms with Crippen LogP contribution in [-0.4, -0.2) is 110 Å². The van der Waals surface area contributed by atoms with Gasteiger partial charge in [-0.3, -0.25) is 9.59 Å². The minimum absolute atomic E-state index is 0.752. The van der Waals surface area contributed by atoms with Gasteiger partial charge in [0.05, 0.1) is 6.61 Å². The Balaban J connectivity index is 3.04. The van der Waals surface area contributed by atoms with Crippen molar-refractivity contribution in [1.82, 2.24) is 5.48 Å². The van der Waals surface area contributed by atoms with E-state index in [9.17, 15) is 30.0 Å². The summed E-state index contributed by atoms with van der Waals surface area (Å²) >= 11 is 0. The van der Waals surface area contributed by atoms with Crippen LogP contribution >= 0.6 is 0 Å². The highest BCUT2D eigenvalue weighted by molar-refractivity contribution is 5.95. The molecule has 0 amide bonds. The Bertz CT molecular complexity index is 457. The predicted octanol–water partition coefficient (Wildman–Crippen LogP) is -4.97.